The summed E-state index contributed by atoms with van der Waals surface area (Å²) in [6, 6.07) is 5.00. The van der Waals surface area contributed by atoms with Crippen molar-refractivity contribution >= 4 is 0 Å². The molecule has 15 heavy (non-hydrogen) atoms. The minimum atomic E-state index is -4.50. The van der Waals surface area contributed by atoms with Crippen LogP contribution in [0, 0.1) is 5.82 Å². The van der Waals surface area contributed by atoms with Crippen LogP contribution >= 0.6 is 0 Å². The van der Waals surface area contributed by atoms with Crippen molar-refractivity contribution in [1.82, 2.24) is 0 Å². The molecule has 1 aromatic rings. The van der Waals surface area contributed by atoms with Crippen molar-refractivity contribution in [2.75, 3.05) is 0 Å². The highest BCUT2D eigenvalue weighted by molar-refractivity contribution is 5.19. The fraction of sp³-hybridized carbons (Fsp3) is 0.400. The molecule has 0 aliphatic rings. The van der Waals surface area contributed by atoms with Crippen LogP contribution in [0.1, 0.15) is 12.5 Å². The van der Waals surface area contributed by atoms with Crippen LogP contribution in [0.5, 0.6) is 0 Å². The molecule has 1 unspecified atom stereocenters. The van der Waals surface area contributed by atoms with Gasteiger partial charge in [-0.2, -0.15) is 13.2 Å². The second kappa shape index (κ2) is 3.81. The number of rotatable bonds is 2. The lowest BCUT2D eigenvalue weighted by molar-refractivity contribution is -0.180. The first kappa shape index (κ1) is 12.0. The summed E-state index contributed by atoms with van der Waals surface area (Å²) in [5, 5.41) is 0. The fourth-order valence-electron chi connectivity index (χ4n) is 1.17. The van der Waals surface area contributed by atoms with E-state index in [0.29, 0.717) is 0 Å². The standard InChI is InChI=1S/C10H11F4N/c1-9(15,10(12,13)14)6-7-3-2-4-8(11)5-7/h2-5H,6,15H2,1H3. The third-order valence-corrected chi connectivity index (χ3v) is 2.11. The predicted molar refractivity (Wildman–Crippen MR) is 48.8 cm³/mol. The largest absolute Gasteiger partial charge is 0.406 e. The molecule has 0 saturated carbocycles. The number of hydrogen-bond donors (Lipinski definition) is 1. The Morgan fingerprint density at radius 3 is 2.33 bits per heavy atom. The molecule has 1 aromatic carbocycles. The Hall–Kier alpha value is -1.10. The molecule has 0 bridgehead atoms. The van der Waals surface area contributed by atoms with E-state index in [9.17, 15) is 17.6 Å². The summed E-state index contributed by atoms with van der Waals surface area (Å²) in [6.07, 6.45) is -4.94. The predicted octanol–water partition coefficient (Wildman–Crippen LogP) is 2.65. The van der Waals surface area contributed by atoms with E-state index >= 15 is 0 Å². The van der Waals surface area contributed by atoms with Crippen molar-refractivity contribution in [3.63, 3.8) is 0 Å². The van der Waals surface area contributed by atoms with Crippen LogP contribution in [0.4, 0.5) is 17.6 Å². The van der Waals surface area contributed by atoms with Gasteiger partial charge >= 0.3 is 6.18 Å². The molecule has 0 radical (unpaired) electrons. The molecule has 0 heterocycles. The van der Waals surface area contributed by atoms with E-state index < -0.39 is 24.0 Å². The molecular weight excluding hydrogens is 210 g/mol. The smallest absolute Gasteiger partial charge is 0.318 e. The second-order valence-corrected chi connectivity index (χ2v) is 3.72. The Morgan fingerprint density at radius 2 is 1.87 bits per heavy atom. The Kier molecular flexibility index (Phi) is 3.04. The molecule has 1 rings (SSSR count). The Labute approximate surface area is 84.9 Å². The molecule has 0 amide bonds. The van der Waals surface area contributed by atoms with Gasteiger partial charge in [0, 0.05) is 0 Å². The zero-order valence-corrected chi connectivity index (χ0v) is 8.11. The first-order chi connectivity index (χ1) is 6.72. The van der Waals surface area contributed by atoms with Crippen LogP contribution in [0.15, 0.2) is 24.3 Å². The summed E-state index contributed by atoms with van der Waals surface area (Å²) in [5.74, 6) is -0.564. The normalized spacial score (nSPS) is 16.1. The van der Waals surface area contributed by atoms with Crippen molar-refractivity contribution in [3.8, 4) is 0 Å². The maximum absolute atomic E-state index is 12.7. The van der Waals surface area contributed by atoms with Crippen LogP contribution < -0.4 is 5.73 Å². The van der Waals surface area contributed by atoms with Crippen LogP contribution in [0.25, 0.3) is 0 Å². The van der Waals surface area contributed by atoms with E-state index in [0.717, 1.165) is 13.0 Å². The summed E-state index contributed by atoms with van der Waals surface area (Å²) < 4.78 is 49.9. The van der Waals surface area contributed by atoms with E-state index in [1.54, 1.807) is 0 Å². The minimum Gasteiger partial charge on any atom is -0.318 e. The molecular formula is C10H11F4N. The summed E-state index contributed by atoms with van der Waals surface area (Å²) in [7, 11) is 0. The Morgan fingerprint density at radius 1 is 1.27 bits per heavy atom. The van der Waals surface area contributed by atoms with Gasteiger partial charge in [0.25, 0.3) is 0 Å². The summed E-state index contributed by atoms with van der Waals surface area (Å²) in [4.78, 5) is 0. The first-order valence-electron chi connectivity index (χ1n) is 4.32. The zero-order valence-electron chi connectivity index (χ0n) is 8.11. The number of nitrogens with two attached hydrogens (primary N) is 1. The molecule has 0 spiro atoms. The van der Waals surface area contributed by atoms with E-state index in [2.05, 4.69) is 0 Å². The molecule has 0 fully saturated rings. The van der Waals surface area contributed by atoms with Gasteiger partial charge in [-0.3, -0.25) is 0 Å². The van der Waals surface area contributed by atoms with Gasteiger partial charge in [-0.05, 0) is 31.0 Å². The van der Waals surface area contributed by atoms with Gasteiger partial charge in [0.05, 0.1) is 0 Å². The number of hydrogen-bond acceptors (Lipinski definition) is 1. The average molecular weight is 221 g/mol. The molecule has 0 aliphatic heterocycles. The minimum absolute atomic E-state index is 0.234. The molecule has 84 valence electrons. The third-order valence-electron chi connectivity index (χ3n) is 2.11. The summed E-state index contributed by atoms with van der Waals surface area (Å²) in [6.45, 7) is 0.887. The van der Waals surface area contributed by atoms with Crippen LogP contribution in [0.3, 0.4) is 0 Å². The van der Waals surface area contributed by atoms with E-state index in [1.165, 1.54) is 18.2 Å². The van der Waals surface area contributed by atoms with Gasteiger partial charge in [0.2, 0.25) is 0 Å². The maximum Gasteiger partial charge on any atom is 0.406 e. The van der Waals surface area contributed by atoms with E-state index in [1.807, 2.05) is 0 Å². The fourth-order valence-corrected chi connectivity index (χ4v) is 1.17. The van der Waals surface area contributed by atoms with Crippen LogP contribution in [-0.2, 0) is 6.42 Å². The average Bonchev–Trinajstić information content (AvgIpc) is 2.00. The number of benzene rings is 1. The van der Waals surface area contributed by atoms with E-state index in [-0.39, 0.29) is 5.56 Å². The van der Waals surface area contributed by atoms with E-state index in [4.69, 9.17) is 5.73 Å². The quantitative estimate of drug-likeness (QED) is 0.763. The third kappa shape index (κ3) is 2.92. The van der Waals surface area contributed by atoms with Crippen molar-refractivity contribution in [1.29, 1.82) is 0 Å². The van der Waals surface area contributed by atoms with Gasteiger partial charge in [-0.15, -0.1) is 0 Å². The molecule has 1 nitrogen and oxygen atoms in total. The molecule has 0 aliphatic carbocycles. The van der Waals surface area contributed by atoms with Crippen molar-refractivity contribution < 1.29 is 17.6 Å². The van der Waals surface area contributed by atoms with Crippen LogP contribution in [0.2, 0.25) is 0 Å². The lowest BCUT2D eigenvalue weighted by Crippen LogP contribution is -2.52. The van der Waals surface area contributed by atoms with Gasteiger partial charge < -0.3 is 5.73 Å². The van der Waals surface area contributed by atoms with Gasteiger partial charge in [-0.25, -0.2) is 4.39 Å². The lowest BCUT2D eigenvalue weighted by atomic mass is 9.93. The number of alkyl halides is 3. The molecule has 1 atom stereocenters. The van der Waals surface area contributed by atoms with Gasteiger partial charge in [0.15, 0.2) is 0 Å². The molecule has 0 aromatic heterocycles. The SMILES string of the molecule is CC(N)(Cc1cccc(F)c1)C(F)(F)F. The monoisotopic (exact) mass is 221 g/mol. The highest BCUT2D eigenvalue weighted by Gasteiger charge is 2.47. The van der Waals surface area contributed by atoms with Crippen molar-refractivity contribution in [2.45, 2.75) is 25.1 Å². The van der Waals surface area contributed by atoms with Crippen molar-refractivity contribution in [3.05, 3.63) is 35.6 Å². The highest BCUT2D eigenvalue weighted by Crippen LogP contribution is 2.30. The van der Waals surface area contributed by atoms with Gasteiger partial charge in [-0.1, -0.05) is 12.1 Å². The Balaban J connectivity index is 2.87. The molecule has 5 heteroatoms. The molecule has 2 N–H and O–H groups in total. The number of halogens is 4. The van der Waals surface area contributed by atoms with Crippen molar-refractivity contribution in [2.24, 2.45) is 5.73 Å². The topological polar surface area (TPSA) is 26.0 Å². The maximum atomic E-state index is 12.7. The second-order valence-electron chi connectivity index (χ2n) is 3.72. The van der Waals surface area contributed by atoms with Gasteiger partial charge in [0.1, 0.15) is 11.4 Å². The van der Waals surface area contributed by atoms with Crippen LogP contribution in [-0.4, -0.2) is 11.7 Å². The summed E-state index contributed by atoms with van der Waals surface area (Å²) >= 11 is 0. The lowest BCUT2D eigenvalue weighted by Gasteiger charge is -2.27. The zero-order chi connectivity index (χ0) is 11.7. The first-order valence-corrected chi connectivity index (χ1v) is 4.32. The molecule has 0 saturated heterocycles. The highest BCUT2D eigenvalue weighted by atomic mass is 19.4. The summed E-state index contributed by atoms with van der Waals surface area (Å²) in [5.41, 5.74) is 3.03. The Bertz CT molecular complexity index is 344.